The molecule has 0 radical (unpaired) electrons. The van der Waals surface area contributed by atoms with Crippen LogP contribution in [-0.2, 0) is 19.1 Å². The molecule has 1 aliphatic heterocycles. The second kappa shape index (κ2) is 5.62. The van der Waals surface area contributed by atoms with Crippen molar-refractivity contribution in [2.75, 3.05) is 13.2 Å². The molecule has 1 heterocycles. The molecular weight excluding hydrogens is 328 g/mol. The highest BCUT2D eigenvalue weighted by Gasteiger charge is 2.71. The number of hydrogen-bond donors (Lipinski definition) is 0. The van der Waals surface area contributed by atoms with Crippen molar-refractivity contribution >= 4 is 12.1 Å². The van der Waals surface area contributed by atoms with Gasteiger partial charge < -0.3 is 9.47 Å². The van der Waals surface area contributed by atoms with Gasteiger partial charge in [0, 0.05) is 35.0 Å². The van der Waals surface area contributed by atoms with Crippen molar-refractivity contribution in [2.24, 2.45) is 28.1 Å². The first-order chi connectivity index (χ1) is 12.3. The molecule has 4 aliphatic rings. The Balaban J connectivity index is 2.00. The van der Waals surface area contributed by atoms with Crippen molar-refractivity contribution in [3.63, 3.8) is 0 Å². The van der Waals surface area contributed by atoms with Crippen molar-refractivity contribution < 1.29 is 19.1 Å². The molecule has 0 amide bonds. The second-order valence-corrected chi connectivity index (χ2v) is 9.35. The number of rotatable bonds is 2. The van der Waals surface area contributed by atoms with Crippen LogP contribution in [0.3, 0.4) is 0 Å². The normalized spacial score (nSPS) is 49.0. The lowest BCUT2D eigenvalue weighted by Gasteiger charge is -2.57. The third-order valence-electron chi connectivity index (χ3n) is 8.13. The summed E-state index contributed by atoms with van der Waals surface area (Å²) in [5.41, 5.74) is -0.567. The molecule has 0 aromatic rings. The summed E-state index contributed by atoms with van der Waals surface area (Å²) < 4.78 is 12.4. The Hall–Kier alpha value is -1.26. The van der Waals surface area contributed by atoms with E-state index in [9.17, 15) is 9.59 Å². The van der Waals surface area contributed by atoms with Crippen LogP contribution in [0.15, 0.2) is 24.3 Å². The summed E-state index contributed by atoms with van der Waals surface area (Å²) >= 11 is 0. The Morgan fingerprint density at radius 1 is 1.19 bits per heavy atom. The van der Waals surface area contributed by atoms with Crippen LogP contribution < -0.4 is 0 Å². The van der Waals surface area contributed by atoms with Gasteiger partial charge in [0.05, 0.1) is 13.2 Å². The summed E-state index contributed by atoms with van der Waals surface area (Å²) in [7, 11) is 0. The van der Waals surface area contributed by atoms with E-state index in [-0.39, 0.29) is 23.0 Å². The van der Waals surface area contributed by atoms with E-state index in [1.807, 2.05) is 19.1 Å². The maximum Gasteiger partial charge on any atom is 0.173 e. The van der Waals surface area contributed by atoms with Crippen LogP contribution in [0, 0.1) is 28.1 Å². The van der Waals surface area contributed by atoms with E-state index < -0.39 is 16.6 Å². The molecule has 5 atom stereocenters. The number of carbonyl (C=O) groups excluding carboxylic acids is 2. The van der Waals surface area contributed by atoms with Crippen LogP contribution >= 0.6 is 0 Å². The van der Waals surface area contributed by atoms with Gasteiger partial charge in [-0.2, -0.15) is 0 Å². The zero-order valence-corrected chi connectivity index (χ0v) is 16.2. The molecule has 3 fully saturated rings. The van der Waals surface area contributed by atoms with Crippen LogP contribution in [0.5, 0.6) is 0 Å². The maximum absolute atomic E-state index is 13.7. The van der Waals surface area contributed by atoms with Crippen molar-refractivity contribution in [3.05, 3.63) is 24.3 Å². The fourth-order valence-corrected chi connectivity index (χ4v) is 6.51. The highest BCUT2D eigenvalue weighted by atomic mass is 16.7. The van der Waals surface area contributed by atoms with Gasteiger partial charge in [0.15, 0.2) is 5.79 Å². The number of ether oxygens (including phenoxy) is 2. The number of carbonyl (C=O) groups is 2. The summed E-state index contributed by atoms with van der Waals surface area (Å²) in [6, 6.07) is 0. The van der Waals surface area contributed by atoms with Crippen molar-refractivity contribution in [1.82, 2.24) is 0 Å². The molecule has 2 saturated carbocycles. The molecule has 4 rings (SSSR count). The average Bonchev–Trinajstić information content (AvgIpc) is 3.22. The third kappa shape index (κ3) is 2.09. The van der Waals surface area contributed by atoms with Crippen molar-refractivity contribution in [1.29, 1.82) is 0 Å². The van der Waals surface area contributed by atoms with Gasteiger partial charge in [0.1, 0.15) is 12.1 Å². The standard InChI is InChI=1S/C22H30O4/c1-5-19(3)12-16(14-23)21-7-6-15(2)20(4,17(24)13-19)18(21)22(9-8-21)25-10-11-26-22/h5,12,14-15,18H,1,6-11,13H2,2-4H3/b16-12-/t15?,18?,19-,20-,21?/m0/s1. The minimum absolute atomic E-state index is 0.105. The van der Waals surface area contributed by atoms with Crippen LogP contribution in [0.2, 0.25) is 0 Å². The smallest absolute Gasteiger partial charge is 0.173 e. The van der Waals surface area contributed by atoms with E-state index in [4.69, 9.17) is 9.47 Å². The Labute approximate surface area is 156 Å². The molecule has 2 bridgehead atoms. The maximum atomic E-state index is 13.7. The van der Waals surface area contributed by atoms with Gasteiger partial charge in [-0.3, -0.25) is 9.59 Å². The second-order valence-electron chi connectivity index (χ2n) is 9.35. The molecular formula is C22H30O4. The number of aldehydes is 1. The predicted octanol–water partition coefficient (Wildman–Crippen LogP) is 3.85. The molecule has 26 heavy (non-hydrogen) atoms. The minimum atomic E-state index is -0.719. The lowest BCUT2D eigenvalue weighted by Crippen LogP contribution is -2.60. The largest absolute Gasteiger partial charge is 0.347 e. The Morgan fingerprint density at radius 2 is 1.88 bits per heavy atom. The van der Waals surface area contributed by atoms with Gasteiger partial charge >= 0.3 is 0 Å². The molecule has 142 valence electrons. The zero-order valence-electron chi connectivity index (χ0n) is 16.2. The summed E-state index contributed by atoms with van der Waals surface area (Å²) in [4.78, 5) is 25.9. The Kier molecular flexibility index (Phi) is 3.92. The molecule has 3 aliphatic carbocycles. The predicted molar refractivity (Wildman–Crippen MR) is 98.4 cm³/mol. The van der Waals surface area contributed by atoms with E-state index >= 15 is 0 Å². The molecule has 4 nitrogen and oxygen atoms in total. The van der Waals surface area contributed by atoms with Gasteiger partial charge in [-0.25, -0.2) is 0 Å². The average molecular weight is 358 g/mol. The van der Waals surface area contributed by atoms with Crippen LogP contribution in [0.25, 0.3) is 0 Å². The summed E-state index contributed by atoms with van der Waals surface area (Å²) in [6.45, 7) is 11.4. The summed E-state index contributed by atoms with van der Waals surface area (Å²) in [5.74, 6) is -0.339. The van der Waals surface area contributed by atoms with Crippen molar-refractivity contribution in [2.45, 2.75) is 58.7 Å². The molecule has 4 heteroatoms. The molecule has 0 aromatic carbocycles. The quantitative estimate of drug-likeness (QED) is 0.556. The van der Waals surface area contributed by atoms with Crippen LogP contribution in [0.4, 0.5) is 0 Å². The summed E-state index contributed by atoms with van der Waals surface area (Å²) in [6.07, 6.45) is 8.68. The SMILES string of the molecule is C=C[C@@]1(C)/C=C(/C=O)C23CCC(C)[C@@](C)(C(=O)C1)C2C1(CC3)OCCO1. The highest BCUT2D eigenvalue weighted by molar-refractivity contribution is 5.89. The van der Waals surface area contributed by atoms with E-state index in [0.29, 0.717) is 19.6 Å². The first kappa shape index (κ1) is 18.1. The topological polar surface area (TPSA) is 52.6 Å². The monoisotopic (exact) mass is 358 g/mol. The molecule has 3 unspecified atom stereocenters. The molecule has 0 N–H and O–H groups in total. The van der Waals surface area contributed by atoms with Gasteiger partial charge in [0.25, 0.3) is 0 Å². The molecule has 0 aromatic heterocycles. The van der Waals surface area contributed by atoms with Gasteiger partial charge in [-0.15, -0.1) is 6.58 Å². The molecule has 1 spiro atoms. The lowest BCUT2D eigenvalue weighted by molar-refractivity contribution is -0.235. The fraction of sp³-hybridized carbons (Fsp3) is 0.727. The number of Topliss-reactive ketones (excluding diaryl/α,β-unsaturated/α-hetero) is 1. The number of hydrogen-bond acceptors (Lipinski definition) is 4. The highest BCUT2D eigenvalue weighted by Crippen LogP contribution is 2.70. The van der Waals surface area contributed by atoms with Gasteiger partial charge in [0.2, 0.25) is 0 Å². The molecule has 1 saturated heterocycles. The number of allylic oxidation sites excluding steroid dienone is 3. The van der Waals surface area contributed by atoms with Crippen molar-refractivity contribution in [3.8, 4) is 0 Å². The zero-order chi connectivity index (χ0) is 18.8. The minimum Gasteiger partial charge on any atom is -0.347 e. The van der Waals surface area contributed by atoms with E-state index in [1.165, 1.54) is 0 Å². The van der Waals surface area contributed by atoms with Crippen LogP contribution in [0.1, 0.15) is 52.9 Å². The lowest BCUT2D eigenvalue weighted by atomic mass is 9.46. The summed E-state index contributed by atoms with van der Waals surface area (Å²) in [5, 5.41) is 0. The van der Waals surface area contributed by atoms with E-state index in [0.717, 1.165) is 37.5 Å². The fourth-order valence-electron chi connectivity index (χ4n) is 6.51. The first-order valence-corrected chi connectivity index (χ1v) is 9.90. The third-order valence-corrected chi connectivity index (χ3v) is 8.13. The van der Waals surface area contributed by atoms with Crippen LogP contribution in [-0.4, -0.2) is 31.1 Å². The Morgan fingerprint density at radius 3 is 2.50 bits per heavy atom. The van der Waals surface area contributed by atoms with Gasteiger partial charge in [-0.05, 0) is 30.8 Å². The first-order valence-electron chi connectivity index (χ1n) is 9.90. The van der Waals surface area contributed by atoms with Gasteiger partial charge in [-0.1, -0.05) is 32.9 Å². The van der Waals surface area contributed by atoms with E-state index in [2.05, 4.69) is 20.4 Å². The number of ketones is 1. The Bertz CT molecular complexity index is 688. The van der Waals surface area contributed by atoms with E-state index in [1.54, 1.807) is 0 Å².